The number of esters is 1. The SMILES string of the molecule is COC(=O)C(C)c1cc2cc(NC(=O)C3(c4ccc5c(c4)OCO5)CC3)ccc2[nH]1. The highest BCUT2D eigenvalue weighted by Crippen LogP contribution is 2.51. The Kier molecular flexibility index (Phi) is 4.20. The minimum absolute atomic E-state index is 0.0283. The van der Waals surface area contributed by atoms with E-state index >= 15 is 0 Å². The average molecular weight is 406 g/mol. The van der Waals surface area contributed by atoms with Gasteiger partial charge in [0.15, 0.2) is 11.5 Å². The van der Waals surface area contributed by atoms with Crippen molar-refractivity contribution in [2.24, 2.45) is 0 Å². The van der Waals surface area contributed by atoms with Crippen LogP contribution in [0.2, 0.25) is 0 Å². The maximum absolute atomic E-state index is 13.1. The molecule has 7 heteroatoms. The van der Waals surface area contributed by atoms with Crippen molar-refractivity contribution >= 4 is 28.5 Å². The van der Waals surface area contributed by atoms with Crippen molar-refractivity contribution in [1.82, 2.24) is 4.98 Å². The molecule has 30 heavy (non-hydrogen) atoms. The van der Waals surface area contributed by atoms with Gasteiger partial charge in [0, 0.05) is 22.3 Å². The number of benzene rings is 2. The second kappa shape index (κ2) is 6.79. The Morgan fingerprint density at radius 1 is 1.10 bits per heavy atom. The third-order valence-electron chi connectivity index (χ3n) is 6.03. The Hall–Kier alpha value is -3.48. The molecule has 1 aromatic heterocycles. The van der Waals surface area contributed by atoms with Crippen molar-refractivity contribution in [3.05, 3.63) is 53.7 Å². The minimum Gasteiger partial charge on any atom is -0.469 e. The first kappa shape index (κ1) is 18.5. The summed E-state index contributed by atoms with van der Waals surface area (Å²) >= 11 is 0. The monoisotopic (exact) mass is 406 g/mol. The topological polar surface area (TPSA) is 89.7 Å². The molecule has 2 aromatic carbocycles. The molecule has 1 atom stereocenters. The number of hydrogen-bond acceptors (Lipinski definition) is 5. The van der Waals surface area contributed by atoms with Gasteiger partial charge in [0.1, 0.15) is 0 Å². The van der Waals surface area contributed by atoms with Crippen LogP contribution < -0.4 is 14.8 Å². The zero-order valence-corrected chi connectivity index (χ0v) is 16.8. The van der Waals surface area contributed by atoms with Crippen LogP contribution in [-0.2, 0) is 19.7 Å². The zero-order chi connectivity index (χ0) is 20.9. The molecule has 0 radical (unpaired) electrons. The van der Waals surface area contributed by atoms with E-state index in [2.05, 4.69) is 10.3 Å². The molecule has 0 bridgehead atoms. The molecule has 1 aliphatic heterocycles. The molecule has 1 unspecified atom stereocenters. The van der Waals surface area contributed by atoms with Gasteiger partial charge in [-0.05, 0) is 61.7 Å². The highest BCUT2D eigenvalue weighted by Gasteiger charge is 2.51. The van der Waals surface area contributed by atoms with E-state index < -0.39 is 5.41 Å². The first-order valence-corrected chi connectivity index (χ1v) is 9.92. The molecule has 2 N–H and O–H groups in total. The molecule has 5 rings (SSSR count). The van der Waals surface area contributed by atoms with E-state index in [9.17, 15) is 9.59 Å². The molecule has 1 amide bonds. The Morgan fingerprint density at radius 3 is 2.67 bits per heavy atom. The van der Waals surface area contributed by atoms with E-state index in [1.54, 1.807) is 6.92 Å². The summed E-state index contributed by atoms with van der Waals surface area (Å²) < 4.78 is 15.7. The summed E-state index contributed by atoms with van der Waals surface area (Å²) in [5.74, 6) is 0.687. The molecule has 1 fully saturated rings. The van der Waals surface area contributed by atoms with Crippen molar-refractivity contribution in [2.75, 3.05) is 19.2 Å². The number of ether oxygens (including phenoxy) is 3. The normalized spacial score (nSPS) is 16.9. The van der Waals surface area contributed by atoms with Crippen LogP contribution >= 0.6 is 0 Å². The molecule has 0 spiro atoms. The second-order valence-corrected chi connectivity index (χ2v) is 7.88. The lowest BCUT2D eigenvalue weighted by Gasteiger charge is -2.16. The summed E-state index contributed by atoms with van der Waals surface area (Å²) in [5, 5.41) is 3.98. The summed E-state index contributed by atoms with van der Waals surface area (Å²) in [6.07, 6.45) is 1.59. The van der Waals surface area contributed by atoms with Crippen molar-refractivity contribution in [3.63, 3.8) is 0 Å². The summed E-state index contributed by atoms with van der Waals surface area (Å²) in [6.45, 7) is 2.01. The van der Waals surface area contributed by atoms with Crippen molar-refractivity contribution in [3.8, 4) is 11.5 Å². The summed E-state index contributed by atoms with van der Waals surface area (Å²) in [6, 6.07) is 13.3. The number of aromatic nitrogens is 1. The Labute approximate surface area is 173 Å². The number of carbonyl (C=O) groups excluding carboxylic acids is 2. The second-order valence-electron chi connectivity index (χ2n) is 7.88. The first-order valence-electron chi connectivity index (χ1n) is 9.92. The van der Waals surface area contributed by atoms with E-state index in [0.29, 0.717) is 11.5 Å². The molecule has 7 nitrogen and oxygen atoms in total. The average Bonchev–Trinajstić information content (AvgIpc) is 3.25. The smallest absolute Gasteiger partial charge is 0.314 e. The van der Waals surface area contributed by atoms with Crippen molar-refractivity contribution in [2.45, 2.75) is 31.1 Å². The predicted molar refractivity (Wildman–Crippen MR) is 111 cm³/mol. The highest BCUT2D eigenvalue weighted by atomic mass is 16.7. The maximum atomic E-state index is 13.1. The maximum Gasteiger partial charge on any atom is 0.314 e. The number of hydrogen-bond donors (Lipinski definition) is 2. The Bertz CT molecular complexity index is 1160. The number of nitrogens with one attached hydrogen (secondary N) is 2. The lowest BCUT2D eigenvalue weighted by atomic mass is 9.94. The molecule has 2 heterocycles. The number of methoxy groups -OCH3 is 1. The molecule has 2 aliphatic rings. The van der Waals surface area contributed by atoms with Gasteiger partial charge in [0.2, 0.25) is 12.7 Å². The Balaban J connectivity index is 1.37. The molecular weight excluding hydrogens is 384 g/mol. The summed E-state index contributed by atoms with van der Waals surface area (Å²) in [5.41, 5.74) is 2.81. The quantitative estimate of drug-likeness (QED) is 0.629. The number of carbonyl (C=O) groups is 2. The summed E-state index contributed by atoms with van der Waals surface area (Å²) in [7, 11) is 1.38. The molecule has 154 valence electrons. The lowest BCUT2D eigenvalue weighted by molar-refractivity contribution is -0.142. The van der Waals surface area contributed by atoms with Crippen LogP contribution in [0.4, 0.5) is 5.69 Å². The van der Waals surface area contributed by atoms with Crippen LogP contribution in [0.15, 0.2) is 42.5 Å². The number of amides is 1. The Morgan fingerprint density at radius 2 is 1.90 bits per heavy atom. The van der Waals surface area contributed by atoms with Gasteiger partial charge in [-0.1, -0.05) is 6.07 Å². The summed E-state index contributed by atoms with van der Waals surface area (Å²) in [4.78, 5) is 28.2. The fourth-order valence-corrected chi connectivity index (χ4v) is 3.99. The van der Waals surface area contributed by atoms with Crippen LogP contribution in [0.3, 0.4) is 0 Å². The number of fused-ring (bicyclic) bond motifs is 2. The van der Waals surface area contributed by atoms with Crippen LogP contribution in [0, 0.1) is 0 Å². The standard InChI is InChI=1S/C23H22N2O5/c1-13(21(26)28-2)18-10-14-9-16(4-5-17(14)25-18)24-22(27)23(7-8-23)15-3-6-19-20(11-15)30-12-29-19/h3-6,9-11,13,25H,7-8,12H2,1-2H3,(H,24,27). The number of rotatable bonds is 5. The number of aromatic amines is 1. The van der Waals surface area contributed by atoms with Gasteiger partial charge in [0.25, 0.3) is 0 Å². The fraction of sp³-hybridized carbons (Fsp3) is 0.304. The predicted octanol–water partition coefficient (Wildman–Crippen LogP) is 3.84. The van der Waals surface area contributed by atoms with Crippen LogP contribution in [-0.4, -0.2) is 30.8 Å². The largest absolute Gasteiger partial charge is 0.469 e. The molecular formula is C23H22N2O5. The van der Waals surface area contributed by atoms with E-state index in [1.807, 2.05) is 42.5 Å². The van der Waals surface area contributed by atoms with Gasteiger partial charge in [-0.3, -0.25) is 9.59 Å². The first-order chi connectivity index (χ1) is 14.5. The van der Waals surface area contributed by atoms with Crippen LogP contribution in [0.5, 0.6) is 11.5 Å². The van der Waals surface area contributed by atoms with E-state index in [0.717, 1.165) is 40.7 Å². The third kappa shape index (κ3) is 2.98. The zero-order valence-electron chi connectivity index (χ0n) is 16.8. The molecule has 0 saturated heterocycles. The van der Waals surface area contributed by atoms with E-state index in [-0.39, 0.29) is 24.6 Å². The van der Waals surface area contributed by atoms with Crippen molar-refractivity contribution in [1.29, 1.82) is 0 Å². The number of anilines is 1. The van der Waals surface area contributed by atoms with Gasteiger partial charge in [-0.2, -0.15) is 0 Å². The van der Waals surface area contributed by atoms with Crippen LogP contribution in [0.1, 0.15) is 36.9 Å². The van der Waals surface area contributed by atoms with Gasteiger partial charge in [-0.25, -0.2) is 0 Å². The molecule has 3 aromatic rings. The van der Waals surface area contributed by atoms with Gasteiger partial charge in [-0.15, -0.1) is 0 Å². The lowest BCUT2D eigenvalue weighted by Crippen LogP contribution is -2.27. The van der Waals surface area contributed by atoms with Crippen LogP contribution in [0.25, 0.3) is 10.9 Å². The van der Waals surface area contributed by atoms with Gasteiger partial charge in [0.05, 0.1) is 18.4 Å². The highest BCUT2D eigenvalue weighted by molar-refractivity contribution is 6.02. The fourth-order valence-electron chi connectivity index (χ4n) is 3.99. The van der Waals surface area contributed by atoms with Gasteiger partial charge < -0.3 is 24.5 Å². The van der Waals surface area contributed by atoms with Crippen molar-refractivity contribution < 1.29 is 23.8 Å². The van der Waals surface area contributed by atoms with Gasteiger partial charge >= 0.3 is 5.97 Å². The van der Waals surface area contributed by atoms with E-state index in [1.165, 1.54) is 7.11 Å². The number of H-pyrrole nitrogens is 1. The minimum atomic E-state index is -0.529. The van der Waals surface area contributed by atoms with E-state index in [4.69, 9.17) is 14.2 Å². The third-order valence-corrected chi connectivity index (χ3v) is 6.03. The molecule has 1 saturated carbocycles. The molecule has 1 aliphatic carbocycles.